The molecule has 0 aliphatic heterocycles. The van der Waals surface area contributed by atoms with Crippen LogP contribution in [-0.2, 0) is 0 Å². The van der Waals surface area contributed by atoms with Crippen LogP contribution >= 0.6 is 0 Å². The van der Waals surface area contributed by atoms with Gasteiger partial charge < -0.3 is 0 Å². The second-order valence-electron chi connectivity index (χ2n) is 1.98. The smallest absolute Gasteiger partial charge is 0.200 e. The zero-order chi connectivity index (χ0) is 9.46. The molecule has 0 amide bonds. The van der Waals surface area contributed by atoms with E-state index in [1.165, 1.54) is 0 Å². The van der Waals surface area contributed by atoms with Gasteiger partial charge in [0.15, 0.2) is 29.1 Å². The molecule has 1 rings (SSSR count). The SMILES string of the molecule is [B]c1c(F)c(F)c(F)c(F)c1F.[Li]. The Bertz CT molecular complexity index is 235. The van der Waals surface area contributed by atoms with Crippen LogP contribution in [0.3, 0.4) is 0 Å². The van der Waals surface area contributed by atoms with Crippen molar-refractivity contribution in [2.75, 3.05) is 0 Å². The minimum Gasteiger partial charge on any atom is -0.204 e. The van der Waals surface area contributed by atoms with Gasteiger partial charge in [-0.05, 0) is 5.46 Å². The number of benzene rings is 1. The number of rotatable bonds is 0. The third-order valence-electron chi connectivity index (χ3n) is 1.24. The quantitative estimate of drug-likeness (QED) is 0.242. The van der Waals surface area contributed by atoms with E-state index in [1.54, 1.807) is 0 Å². The molecular formula is C6BF5Li. The van der Waals surface area contributed by atoms with Crippen molar-refractivity contribution in [3.63, 3.8) is 0 Å². The summed E-state index contributed by atoms with van der Waals surface area (Å²) < 4.78 is 61.1. The van der Waals surface area contributed by atoms with Crippen LogP contribution in [0.1, 0.15) is 0 Å². The molecule has 7 heteroatoms. The first-order valence-electron chi connectivity index (χ1n) is 2.73. The molecule has 0 atom stereocenters. The predicted molar refractivity (Wildman–Crippen MR) is 37.4 cm³/mol. The first-order chi connectivity index (χ1) is 5.46. The average Bonchev–Trinajstić information content (AvgIpc) is 2.08. The van der Waals surface area contributed by atoms with Crippen molar-refractivity contribution >= 4 is 32.2 Å². The van der Waals surface area contributed by atoms with Gasteiger partial charge in [0, 0.05) is 18.9 Å². The third-order valence-corrected chi connectivity index (χ3v) is 1.24. The van der Waals surface area contributed by atoms with Gasteiger partial charge in [0.25, 0.3) is 0 Å². The molecule has 63 valence electrons. The summed E-state index contributed by atoms with van der Waals surface area (Å²) in [4.78, 5) is 0. The van der Waals surface area contributed by atoms with Gasteiger partial charge in [-0.25, -0.2) is 22.0 Å². The summed E-state index contributed by atoms with van der Waals surface area (Å²) in [5.41, 5.74) is -1.37. The summed E-state index contributed by atoms with van der Waals surface area (Å²) in [6, 6.07) is 0. The fourth-order valence-electron chi connectivity index (χ4n) is 0.622. The van der Waals surface area contributed by atoms with Crippen LogP contribution in [0, 0.1) is 29.1 Å². The van der Waals surface area contributed by atoms with Crippen molar-refractivity contribution in [2.45, 2.75) is 0 Å². The van der Waals surface area contributed by atoms with Gasteiger partial charge in [-0.3, -0.25) is 0 Å². The second kappa shape index (κ2) is 4.16. The van der Waals surface area contributed by atoms with Gasteiger partial charge in [-0.15, -0.1) is 0 Å². The van der Waals surface area contributed by atoms with Crippen LogP contribution in [-0.4, -0.2) is 26.7 Å². The predicted octanol–water partition coefficient (Wildman–Crippen LogP) is 0.795. The molecule has 0 spiro atoms. The van der Waals surface area contributed by atoms with Gasteiger partial charge in [0.05, 0.1) is 0 Å². The largest absolute Gasteiger partial charge is 0.204 e. The molecule has 0 bridgehead atoms. The normalized spacial score (nSPS) is 9.62. The Morgan fingerprint density at radius 1 is 0.615 bits per heavy atom. The summed E-state index contributed by atoms with van der Waals surface area (Å²) in [7, 11) is 4.56. The molecule has 0 fully saturated rings. The Labute approximate surface area is 83.7 Å². The van der Waals surface area contributed by atoms with E-state index in [0.29, 0.717) is 0 Å². The van der Waals surface area contributed by atoms with Gasteiger partial charge >= 0.3 is 0 Å². The summed E-state index contributed by atoms with van der Waals surface area (Å²) in [5.74, 6) is -10.3. The Morgan fingerprint density at radius 3 is 1.15 bits per heavy atom. The van der Waals surface area contributed by atoms with E-state index >= 15 is 0 Å². The van der Waals surface area contributed by atoms with E-state index in [1.807, 2.05) is 0 Å². The maximum atomic E-state index is 12.3. The minimum atomic E-state index is -2.21. The van der Waals surface area contributed by atoms with Crippen LogP contribution in [0.2, 0.25) is 0 Å². The summed E-state index contributed by atoms with van der Waals surface area (Å²) in [6.07, 6.45) is 0. The molecule has 0 nitrogen and oxygen atoms in total. The van der Waals surface area contributed by atoms with Gasteiger partial charge in [0.2, 0.25) is 0 Å². The van der Waals surface area contributed by atoms with Crippen LogP contribution in [0.5, 0.6) is 0 Å². The minimum absolute atomic E-state index is 0. The van der Waals surface area contributed by atoms with Gasteiger partial charge in [0.1, 0.15) is 7.85 Å². The first kappa shape index (κ1) is 12.5. The average molecular weight is 185 g/mol. The topological polar surface area (TPSA) is 0 Å². The molecule has 1 aromatic carbocycles. The van der Waals surface area contributed by atoms with E-state index in [2.05, 4.69) is 7.85 Å². The van der Waals surface area contributed by atoms with Crippen molar-refractivity contribution in [1.82, 2.24) is 0 Å². The van der Waals surface area contributed by atoms with Crippen LogP contribution < -0.4 is 5.46 Å². The molecule has 0 N–H and O–H groups in total. The number of hydrogen-bond donors (Lipinski definition) is 0. The van der Waals surface area contributed by atoms with Crippen LogP contribution in [0.25, 0.3) is 0 Å². The molecule has 0 unspecified atom stereocenters. The molecule has 0 aromatic heterocycles. The molecule has 13 heavy (non-hydrogen) atoms. The summed E-state index contributed by atoms with van der Waals surface area (Å²) >= 11 is 0. The molecule has 0 aliphatic rings. The standard InChI is InChI=1S/C6BF5.Li/c7-1-2(8)4(10)6(12)5(11)3(1)9;. The molecule has 0 heterocycles. The second-order valence-corrected chi connectivity index (χ2v) is 1.98. The molecule has 0 saturated heterocycles. The van der Waals surface area contributed by atoms with E-state index in [0.717, 1.165) is 0 Å². The van der Waals surface area contributed by atoms with E-state index in [-0.39, 0.29) is 18.9 Å². The maximum Gasteiger partial charge on any atom is 0.200 e. The monoisotopic (exact) mass is 185 g/mol. The zero-order valence-corrected chi connectivity index (χ0v) is 6.47. The van der Waals surface area contributed by atoms with E-state index < -0.39 is 34.5 Å². The number of halogens is 5. The zero-order valence-electron chi connectivity index (χ0n) is 6.47. The van der Waals surface area contributed by atoms with Crippen molar-refractivity contribution < 1.29 is 22.0 Å². The summed E-state index contributed by atoms with van der Waals surface area (Å²) in [5, 5.41) is 0. The molecule has 1 aromatic rings. The Morgan fingerprint density at radius 2 is 0.846 bits per heavy atom. The summed E-state index contributed by atoms with van der Waals surface area (Å²) in [6.45, 7) is 0. The third kappa shape index (κ3) is 1.89. The van der Waals surface area contributed by atoms with Crippen molar-refractivity contribution in [1.29, 1.82) is 0 Å². The van der Waals surface area contributed by atoms with Gasteiger partial charge in [-0.2, -0.15) is 0 Å². The maximum absolute atomic E-state index is 12.3. The van der Waals surface area contributed by atoms with Crippen molar-refractivity contribution in [2.24, 2.45) is 0 Å². The molecular weight excluding hydrogens is 185 g/mol. The molecule has 0 aliphatic carbocycles. The first-order valence-corrected chi connectivity index (χ1v) is 2.73. The Balaban J connectivity index is 0.00000144. The Kier molecular flexibility index (Phi) is 4.01. The molecule has 3 radical (unpaired) electrons. The van der Waals surface area contributed by atoms with Crippen molar-refractivity contribution in [3.05, 3.63) is 29.1 Å². The fourth-order valence-corrected chi connectivity index (χ4v) is 0.622. The fraction of sp³-hybridized carbons (Fsp3) is 0. The van der Waals surface area contributed by atoms with Gasteiger partial charge in [-0.1, -0.05) is 0 Å². The van der Waals surface area contributed by atoms with Crippen molar-refractivity contribution in [3.8, 4) is 0 Å². The Hall–Kier alpha value is -0.468. The van der Waals surface area contributed by atoms with E-state index in [4.69, 9.17) is 0 Å². The van der Waals surface area contributed by atoms with E-state index in [9.17, 15) is 22.0 Å². The van der Waals surface area contributed by atoms with Crippen LogP contribution in [0.15, 0.2) is 0 Å². The number of hydrogen-bond acceptors (Lipinski definition) is 0. The van der Waals surface area contributed by atoms with Crippen LogP contribution in [0.4, 0.5) is 22.0 Å². The molecule has 0 saturated carbocycles.